The Morgan fingerprint density at radius 2 is 1.87 bits per heavy atom. The van der Waals surface area contributed by atoms with Crippen LogP contribution in [-0.2, 0) is 6.18 Å². The van der Waals surface area contributed by atoms with Crippen LogP contribution in [-0.4, -0.2) is 4.98 Å². The lowest BCUT2D eigenvalue weighted by Crippen LogP contribution is -2.13. The van der Waals surface area contributed by atoms with Crippen LogP contribution in [0.25, 0.3) is 0 Å². The van der Waals surface area contributed by atoms with E-state index in [0.29, 0.717) is 6.07 Å². The summed E-state index contributed by atoms with van der Waals surface area (Å²) in [7, 11) is 0. The van der Waals surface area contributed by atoms with Crippen molar-refractivity contribution in [1.29, 1.82) is 0 Å². The van der Waals surface area contributed by atoms with Crippen molar-refractivity contribution < 1.29 is 22.0 Å². The highest BCUT2D eigenvalue weighted by Gasteiger charge is 2.36. The normalized spacial score (nSPS) is 12.2. The molecule has 84 valence electrons. The summed E-state index contributed by atoms with van der Waals surface area (Å²) in [6, 6.07) is 0.610. The number of pyridine rings is 1. The third-order valence-corrected chi connectivity index (χ3v) is 1.81. The quantitative estimate of drug-likeness (QED) is 0.773. The predicted molar refractivity (Wildman–Crippen MR) is 43.6 cm³/mol. The van der Waals surface area contributed by atoms with Gasteiger partial charge in [-0.15, -0.1) is 0 Å². The van der Waals surface area contributed by atoms with E-state index >= 15 is 0 Å². The van der Waals surface area contributed by atoms with E-state index in [1.807, 2.05) is 0 Å². The van der Waals surface area contributed by atoms with Gasteiger partial charge in [-0.05, 0) is 6.07 Å². The SMILES string of the molecule is Nc1cc(Cl)c(C(F)F)nc1C(F)(F)F. The molecule has 1 aromatic heterocycles. The molecule has 0 aliphatic heterocycles. The number of halogens is 6. The van der Waals surface area contributed by atoms with Gasteiger partial charge in [0.1, 0.15) is 5.69 Å². The summed E-state index contributed by atoms with van der Waals surface area (Å²) in [5.74, 6) is 0. The molecule has 1 heterocycles. The zero-order chi connectivity index (χ0) is 11.8. The van der Waals surface area contributed by atoms with Gasteiger partial charge in [-0.25, -0.2) is 13.8 Å². The monoisotopic (exact) mass is 246 g/mol. The van der Waals surface area contributed by atoms with Gasteiger partial charge in [-0.2, -0.15) is 13.2 Å². The molecule has 1 rings (SSSR count). The van der Waals surface area contributed by atoms with Crippen LogP contribution in [0.1, 0.15) is 17.8 Å². The van der Waals surface area contributed by atoms with Gasteiger partial charge >= 0.3 is 6.18 Å². The standard InChI is InChI=1S/C7H4ClF5N2/c8-2-1-3(14)5(7(11,12)13)15-4(2)6(9)10/h1,6H,14H2. The average Bonchev–Trinajstić information content (AvgIpc) is 2.00. The second-order valence-corrected chi connectivity index (χ2v) is 3.00. The molecule has 0 radical (unpaired) electrons. The molecule has 0 unspecified atom stereocenters. The van der Waals surface area contributed by atoms with Crippen LogP contribution in [0.5, 0.6) is 0 Å². The molecule has 0 aliphatic rings. The molecule has 0 saturated heterocycles. The van der Waals surface area contributed by atoms with Gasteiger partial charge in [0.05, 0.1) is 10.7 Å². The highest BCUT2D eigenvalue weighted by molar-refractivity contribution is 6.31. The van der Waals surface area contributed by atoms with E-state index in [2.05, 4.69) is 4.98 Å². The molecule has 0 fully saturated rings. The van der Waals surface area contributed by atoms with Crippen molar-refractivity contribution in [3.8, 4) is 0 Å². The van der Waals surface area contributed by atoms with Crippen molar-refractivity contribution in [2.45, 2.75) is 12.6 Å². The number of nitrogen functional groups attached to an aromatic ring is 1. The van der Waals surface area contributed by atoms with E-state index < -0.39 is 34.7 Å². The van der Waals surface area contributed by atoms with Crippen LogP contribution in [0.4, 0.5) is 27.6 Å². The molecule has 8 heteroatoms. The second kappa shape index (κ2) is 3.80. The summed E-state index contributed by atoms with van der Waals surface area (Å²) in [5.41, 5.74) is 1.50. The first-order valence-corrected chi connectivity index (χ1v) is 3.92. The summed E-state index contributed by atoms with van der Waals surface area (Å²) in [4.78, 5) is 2.71. The molecule has 1 aromatic rings. The van der Waals surface area contributed by atoms with Gasteiger partial charge in [0, 0.05) is 0 Å². The number of anilines is 1. The number of aromatic nitrogens is 1. The maximum atomic E-state index is 12.2. The predicted octanol–water partition coefficient (Wildman–Crippen LogP) is 3.27. The maximum Gasteiger partial charge on any atom is 0.435 e. The van der Waals surface area contributed by atoms with Crippen molar-refractivity contribution in [2.75, 3.05) is 5.73 Å². The summed E-state index contributed by atoms with van der Waals surface area (Å²) in [6.07, 6.45) is -8.06. The Bertz CT molecular complexity index is 376. The first-order valence-electron chi connectivity index (χ1n) is 3.54. The van der Waals surface area contributed by atoms with E-state index in [1.165, 1.54) is 0 Å². The van der Waals surface area contributed by atoms with Crippen LogP contribution in [0, 0.1) is 0 Å². The van der Waals surface area contributed by atoms with Gasteiger partial charge in [0.2, 0.25) is 0 Å². The molecule has 0 amide bonds. The summed E-state index contributed by atoms with van der Waals surface area (Å²) in [5, 5.41) is -0.587. The Kier molecular flexibility index (Phi) is 3.03. The lowest BCUT2D eigenvalue weighted by atomic mass is 10.2. The van der Waals surface area contributed by atoms with Gasteiger partial charge in [-0.1, -0.05) is 11.6 Å². The van der Waals surface area contributed by atoms with Crippen LogP contribution in [0.2, 0.25) is 5.02 Å². The molecule has 0 spiro atoms. The Labute approximate surface area is 85.9 Å². The third-order valence-electron chi connectivity index (χ3n) is 1.51. The van der Waals surface area contributed by atoms with Crippen molar-refractivity contribution in [3.05, 3.63) is 22.5 Å². The lowest BCUT2D eigenvalue weighted by molar-refractivity contribution is -0.140. The number of hydrogen-bond acceptors (Lipinski definition) is 2. The van der Waals surface area contributed by atoms with E-state index in [1.54, 1.807) is 0 Å². The van der Waals surface area contributed by atoms with Crippen molar-refractivity contribution >= 4 is 17.3 Å². The Morgan fingerprint density at radius 1 is 1.33 bits per heavy atom. The number of nitrogens with zero attached hydrogens (tertiary/aromatic N) is 1. The zero-order valence-corrected chi connectivity index (χ0v) is 7.70. The van der Waals surface area contributed by atoms with Gasteiger partial charge < -0.3 is 5.73 Å². The lowest BCUT2D eigenvalue weighted by Gasteiger charge is -2.11. The van der Waals surface area contributed by atoms with Crippen molar-refractivity contribution in [3.63, 3.8) is 0 Å². The number of nitrogens with two attached hydrogens (primary N) is 1. The second-order valence-electron chi connectivity index (χ2n) is 2.59. The smallest absolute Gasteiger partial charge is 0.397 e. The molecule has 0 saturated carbocycles. The molecular formula is C7H4ClF5N2. The summed E-state index contributed by atoms with van der Waals surface area (Å²) in [6.45, 7) is 0. The third kappa shape index (κ3) is 2.47. The Morgan fingerprint density at radius 3 is 2.27 bits per heavy atom. The Hall–Kier alpha value is -1.11. The van der Waals surface area contributed by atoms with Crippen LogP contribution in [0.15, 0.2) is 6.07 Å². The van der Waals surface area contributed by atoms with Gasteiger partial charge in [0.25, 0.3) is 6.43 Å². The molecule has 0 aliphatic carbocycles. The fourth-order valence-corrected chi connectivity index (χ4v) is 1.14. The van der Waals surface area contributed by atoms with E-state index in [9.17, 15) is 22.0 Å². The van der Waals surface area contributed by atoms with Crippen LogP contribution >= 0.6 is 11.6 Å². The van der Waals surface area contributed by atoms with Crippen LogP contribution < -0.4 is 5.73 Å². The zero-order valence-electron chi connectivity index (χ0n) is 6.95. The molecule has 0 atom stereocenters. The Balaban J connectivity index is 3.37. The minimum Gasteiger partial charge on any atom is -0.397 e. The summed E-state index contributed by atoms with van der Waals surface area (Å²) < 4.78 is 60.9. The molecular weight excluding hydrogens is 243 g/mol. The van der Waals surface area contributed by atoms with E-state index in [-0.39, 0.29) is 0 Å². The van der Waals surface area contributed by atoms with Crippen molar-refractivity contribution in [1.82, 2.24) is 4.98 Å². The molecule has 2 nitrogen and oxygen atoms in total. The largest absolute Gasteiger partial charge is 0.435 e. The first kappa shape index (κ1) is 12.0. The van der Waals surface area contributed by atoms with Crippen molar-refractivity contribution in [2.24, 2.45) is 0 Å². The molecule has 0 bridgehead atoms. The molecule has 15 heavy (non-hydrogen) atoms. The summed E-state index contributed by atoms with van der Waals surface area (Å²) >= 11 is 5.26. The minimum atomic E-state index is -4.88. The van der Waals surface area contributed by atoms with E-state index in [0.717, 1.165) is 0 Å². The number of rotatable bonds is 1. The molecule has 2 N–H and O–H groups in total. The number of hydrogen-bond donors (Lipinski definition) is 1. The van der Waals surface area contributed by atoms with Gasteiger partial charge in [0.15, 0.2) is 5.69 Å². The maximum absolute atomic E-state index is 12.2. The highest BCUT2D eigenvalue weighted by atomic mass is 35.5. The topological polar surface area (TPSA) is 38.9 Å². The first-order chi connectivity index (χ1) is 6.73. The average molecular weight is 247 g/mol. The van der Waals surface area contributed by atoms with Crippen LogP contribution in [0.3, 0.4) is 0 Å². The highest BCUT2D eigenvalue weighted by Crippen LogP contribution is 2.36. The number of alkyl halides is 5. The molecule has 0 aromatic carbocycles. The van der Waals surface area contributed by atoms with Gasteiger partial charge in [-0.3, -0.25) is 0 Å². The minimum absolute atomic E-state index is 0.587. The fourth-order valence-electron chi connectivity index (χ4n) is 0.897. The van der Waals surface area contributed by atoms with E-state index in [4.69, 9.17) is 17.3 Å². The fraction of sp³-hybridized carbons (Fsp3) is 0.286.